The van der Waals surface area contributed by atoms with Gasteiger partial charge in [-0.3, -0.25) is 4.99 Å². The summed E-state index contributed by atoms with van der Waals surface area (Å²) in [6, 6.07) is 0.581. The Morgan fingerprint density at radius 1 is 1.67 bits per heavy atom. The molecule has 21 heavy (non-hydrogen) atoms. The molecule has 2 rings (SSSR count). The van der Waals surface area contributed by atoms with E-state index in [-0.39, 0.29) is 6.10 Å². The first kappa shape index (κ1) is 16.2. The van der Waals surface area contributed by atoms with Gasteiger partial charge in [0, 0.05) is 32.1 Å². The highest BCUT2D eigenvalue weighted by Gasteiger charge is 2.33. The van der Waals surface area contributed by atoms with Crippen LogP contribution < -0.4 is 5.32 Å². The van der Waals surface area contributed by atoms with Gasteiger partial charge in [-0.15, -0.1) is 11.3 Å². The molecule has 6 heteroatoms. The Morgan fingerprint density at radius 3 is 2.95 bits per heavy atom. The second kappa shape index (κ2) is 7.22. The number of aliphatic imine (C=N–C) groups is 1. The lowest BCUT2D eigenvalue weighted by atomic mass is 10.4. The largest absolute Gasteiger partial charge is 0.375 e. The molecule has 0 bridgehead atoms. The molecule has 1 fully saturated rings. The Kier molecular flexibility index (Phi) is 5.58. The fourth-order valence-electron chi connectivity index (χ4n) is 2.12. The van der Waals surface area contributed by atoms with Crippen molar-refractivity contribution in [1.82, 2.24) is 15.2 Å². The average Bonchev–Trinajstić information content (AvgIpc) is 2.97. The average molecular weight is 310 g/mol. The van der Waals surface area contributed by atoms with Crippen molar-refractivity contribution in [2.45, 2.75) is 45.9 Å². The van der Waals surface area contributed by atoms with Crippen LogP contribution in [0.4, 0.5) is 0 Å². The molecule has 1 aromatic rings. The molecule has 0 unspecified atom stereocenters. The first-order valence-electron chi connectivity index (χ1n) is 7.54. The molecule has 0 spiro atoms. The second-order valence-corrected chi connectivity index (χ2v) is 6.56. The third-order valence-corrected chi connectivity index (χ3v) is 4.82. The maximum absolute atomic E-state index is 5.31. The van der Waals surface area contributed by atoms with Gasteiger partial charge in [0.15, 0.2) is 5.96 Å². The molecule has 0 amide bonds. The molecule has 5 nitrogen and oxygen atoms in total. The minimum absolute atomic E-state index is 0.0586. The van der Waals surface area contributed by atoms with Crippen LogP contribution in [0.3, 0.4) is 0 Å². The van der Waals surface area contributed by atoms with Crippen molar-refractivity contribution in [3.8, 4) is 0 Å². The molecule has 0 saturated heterocycles. The highest BCUT2D eigenvalue weighted by atomic mass is 32.1. The van der Waals surface area contributed by atoms with Crippen LogP contribution in [0.15, 0.2) is 10.4 Å². The van der Waals surface area contributed by atoms with E-state index in [9.17, 15) is 0 Å². The summed E-state index contributed by atoms with van der Waals surface area (Å²) in [7, 11) is 3.78. The molecule has 0 aromatic carbocycles. The molecular weight excluding hydrogens is 284 g/mol. The lowest BCUT2D eigenvalue weighted by Gasteiger charge is -2.21. The topological polar surface area (TPSA) is 49.8 Å². The molecule has 1 aromatic heterocycles. The van der Waals surface area contributed by atoms with Gasteiger partial charge < -0.3 is 15.0 Å². The lowest BCUT2D eigenvalue weighted by Crippen LogP contribution is -2.40. The van der Waals surface area contributed by atoms with Crippen molar-refractivity contribution in [1.29, 1.82) is 0 Å². The van der Waals surface area contributed by atoms with Gasteiger partial charge in [0.1, 0.15) is 11.1 Å². The number of nitrogens with one attached hydrogen (secondary N) is 1. The number of thiazole rings is 1. The van der Waals surface area contributed by atoms with Crippen molar-refractivity contribution in [3.05, 3.63) is 16.1 Å². The molecule has 0 aliphatic heterocycles. The highest BCUT2D eigenvalue weighted by Crippen LogP contribution is 2.29. The van der Waals surface area contributed by atoms with Crippen LogP contribution in [0.1, 0.15) is 44.0 Å². The Bertz CT molecular complexity index is 488. The summed E-state index contributed by atoms with van der Waals surface area (Å²) >= 11 is 1.65. The van der Waals surface area contributed by atoms with E-state index < -0.39 is 0 Å². The number of guanidine groups is 1. The van der Waals surface area contributed by atoms with E-state index in [0.29, 0.717) is 6.04 Å². The summed E-state index contributed by atoms with van der Waals surface area (Å²) in [6.07, 6.45) is 1.30. The van der Waals surface area contributed by atoms with E-state index in [4.69, 9.17) is 4.74 Å². The fraction of sp³-hybridized carbons (Fsp3) is 0.733. The summed E-state index contributed by atoms with van der Waals surface area (Å²) in [5.74, 6) is 1.73. The molecule has 1 heterocycles. The molecule has 3 atom stereocenters. The van der Waals surface area contributed by atoms with Gasteiger partial charge in [-0.2, -0.15) is 0 Å². The summed E-state index contributed by atoms with van der Waals surface area (Å²) in [5.41, 5.74) is 1.07. The number of nitrogens with zero attached hydrogens (tertiary/aromatic N) is 3. The number of methoxy groups -OCH3 is 1. The molecule has 1 N–H and O–H groups in total. The number of ether oxygens (including phenoxy) is 1. The summed E-state index contributed by atoms with van der Waals surface area (Å²) in [5, 5.41) is 6.66. The fourth-order valence-corrected chi connectivity index (χ4v) is 2.96. The van der Waals surface area contributed by atoms with E-state index in [1.54, 1.807) is 18.4 Å². The first-order valence-corrected chi connectivity index (χ1v) is 8.42. The standard InChI is InChI=1S/C15H26N4OS/c1-6-16-15(18-13-7-10(13)2)19(4)8-12-9-21-14(17-12)11(3)20-5/h9-11,13H,6-8H2,1-5H3,(H,16,18)/t10-,11-,13+/m0/s1. The zero-order valence-corrected chi connectivity index (χ0v) is 14.4. The van der Waals surface area contributed by atoms with Crippen molar-refractivity contribution >= 4 is 17.3 Å². The van der Waals surface area contributed by atoms with E-state index in [2.05, 4.69) is 46.5 Å². The van der Waals surface area contributed by atoms with E-state index in [1.807, 2.05) is 6.92 Å². The van der Waals surface area contributed by atoms with Gasteiger partial charge in [0.2, 0.25) is 0 Å². The van der Waals surface area contributed by atoms with Crippen LogP contribution in [0.2, 0.25) is 0 Å². The Hall–Kier alpha value is -1.14. The number of hydrogen-bond acceptors (Lipinski definition) is 4. The predicted molar refractivity (Wildman–Crippen MR) is 87.7 cm³/mol. The molecule has 1 aliphatic rings. The summed E-state index contributed by atoms with van der Waals surface area (Å²) in [6.45, 7) is 7.90. The van der Waals surface area contributed by atoms with Crippen LogP contribution in [-0.4, -0.2) is 42.6 Å². The normalized spacial score (nSPS) is 23.0. The van der Waals surface area contributed by atoms with Gasteiger partial charge >= 0.3 is 0 Å². The number of hydrogen-bond donors (Lipinski definition) is 1. The molecule has 118 valence electrons. The monoisotopic (exact) mass is 310 g/mol. The van der Waals surface area contributed by atoms with Crippen molar-refractivity contribution in [2.75, 3.05) is 20.7 Å². The van der Waals surface area contributed by atoms with Crippen LogP contribution in [0.25, 0.3) is 0 Å². The van der Waals surface area contributed by atoms with Crippen LogP contribution in [-0.2, 0) is 11.3 Å². The highest BCUT2D eigenvalue weighted by molar-refractivity contribution is 7.09. The Morgan fingerprint density at radius 2 is 2.38 bits per heavy atom. The lowest BCUT2D eigenvalue weighted by molar-refractivity contribution is 0.119. The summed E-state index contributed by atoms with van der Waals surface area (Å²) < 4.78 is 5.31. The van der Waals surface area contributed by atoms with E-state index >= 15 is 0 Å². The first-order chi connectivity index (χ1) is 10.0. The Balaban J connectivity index is 1.96. The zero-order valence-electron chi connectivity index (χ0n) is 13.6. The van der Waals surface area contributed by atoms with Crippen molar-refractivity contribution in [3.63, 3.8) is 0 Å². The van der Waals surface area contributed by atoms with Gasteiger partial charge in [0.05, 0.1) is 12.2 Å². The third-order valence-electron chi connectivity index (χ3n) is 3.76. The van der Waals surface area contributed by atoms with Gasteiger partial charge in [-0.05, 0) is 26.2 Å². The Labute approximate surface area is 131 Å². The predicted octanol–water partition coefficient (Wildman–Crippen LogP) is 2.66. The van der Waals surface area contributed by atoms with Crippen LogP contribution in [0, 0.1) is 5.92 Å². The van der Waals surface area contributed by atoms with Crippen molar-refractivity contribution < 1.29 is 4.74 Å². The minimum atomic E-state index is 0.0586. The zero-order chi connectivity index (χ0) is 15.4. The van der Waals surface area contributed by atoms with E-state index in [1.165, 1.54) is 6.42 Å². The molecule has 1 saturated carbocycles. The second-order valence-electron chi connectivity index (χ2n) is 5.67. The maximum atomic E-state index is 5.31. The third kappa shape index (κ3) is 4.41. The van der Waals surface area contributed by atoms with Gasteiger partial charge in [-0.1, -0.05) is 6.92 Å². The summed E-state index contributed by atoms with van der Waals surface area (Å²) in [4.78, 5) is 11.4. The molecule has 1 aliphatic carbocycles. The quantitative estimate of drug-likeness (QED) is 0.648. The van der Waals surface area contributed by atoms with Crippen LogP contribution >= 0.6 is 11.3 Å². The molecular formula is C15H26N4OS. The smallest absolute Gasteiger partial charge is 0.194 e. The van der Waals surface area contributed by atoms with Gasteiger partial charge in [0.25, 0.3) is 0 Å². The molecule has 0 radical (unpaired) electrons. The minimum Gasteiger partial charge on any atom is -0.375 e. The number of aromatic nitrogens is 1. The SMILES string of the molecule is CCN=C(N[C@@H]1C[C@@H]1C)N(C)Cc1csc([C@H](C)OC)n1. The number of rotatable bonds is 6. The van der Waals surface area contributed by atoms with Gasteiger partial charge in [-0.25, -0.2) is 4.98 Å². The maximum Gasteiger partial charge on any atom is 0.194 e. The van der Waals surface area contributed by atoms with Crippen LogP contribution in [0.5, 0.6) is 0 Å². The van der Waals surface area contributed by atoms with Crippen molar-refractivity contribution in [2.24, 2.45) is 10.9 Å². The van der Waals surface area contributed by atoms with E-state index in [0.717, 1.165) is 35.7 Å².